The van der Waals surface area contributed by atoms with Crippen LogP contribution < -0.4 is 0 Å². The second-order valence-corrected chi connectivity index (χ2v) is 7.38. The van der Waals surface area contributed by atoms with Crippen LogP contribution in [-0.4, -0.2) is 70.8 Å². The quantitative estimate of drug-likeness (QED) is 0.924. The average Bonchev–Trinajstić information content (AvgIpc) is 3.31. The number of likely N-dealkylation sites (N-methyl/N-ethyl adjacent to an activating group) is 1. The first-order chi connectivity index (χ1) is 11.8. The number of H-pyrrole nitrogens is 1. The van der Waals surface area contributed by atoms with Crippen LogP contribution in [-0.2, 0) is 4.74 Å². The summed E-state index contributed by atoms with van der Waals surface area (Å²) in [5, 5.41) is 6.93. The largest absolute Gasteiger partial charge is 0.374 e. The van der Waals surface area contributed by atoms with Gasteiger partial charge in [-0.05, 0) is 31.2 Å². The lowest BCUT2D eigenvalue weighted by Gasteiger charge is -2.46. The minimum atomic E-state index is 0.127. The standard InChI is InChI=1S/C17H22N4O2S/c1-2-20-8-6-14-13(11-20)21(9-10-23-14)17(22)16-4-3-15(24-16)12-5-7-18-19-12/h3-5,7,13-14H,2,6,8-11H2,1H3,(H,18,19)/t13-,14+/m0/s1. The first-order valence-electron chi connectivity index (χ1n) is 8.50. The summed E-state index contributed by atoms with van der Waals surface area (Å²) < 4.78 is 5.92. The van der Waals surface area contributed by atoms with Crippen LogP contribution in [0.1, 0.15) is 23.0 Å². The highest BCUT2D eigenvalue weighted by atomic mass is 32.1. The summed E-state index contributed by atoms with van der Waals surface area (Å²) in [7, 11) is 0. The molecule has 2 aliphatic rings. The molecule has 0 aromatic carbocycles. The Balaban J connectivity index is 1.54. The van der Waals surface area contributed by atoms with Crippen LogP contribution in [0.15, 0.2) is 24.4 Å². The van der Waals surface area contributed by atoms with Gasteiger partial charge in [-0.3, -0.25) is 9.89 Å². The summed E-state index contributed by atoms with van der Waals surface area (Å²) in [6.45, 7) is 6.47. The Bertz CT molecular complexity index is 699. The van der Waals surface area contributed by atoms with Crippen molar-refractivity contribution >= 4 is 17.2 Å². The molecule has 0 spiro atoms. The molecule has 2 atom stereocenters. The van der Waals surface area contributed by atoms with E-state index in [9.17, 15) is 4.79 Å². The molecular weight excluding hydrogens is 324 g/mol. The molecule has 2 aromatic rings. The molecule has 0 radical (unpaired) electrons. The molecule has 128 valence electrons. The topological polar surface area (TPSA) is 61.5 Å². The van der Waals surface area contributed by atoms with Crippen molar-refractivity contribution in [2.24, 2.45) is 0 Å². The SMILES string of the molecule is CCN1CC[C@H]2OCCN(C(=O)c3ccc(-c4ccn[nH]4)s3)[C@H]2C1. The zero-order valence-corrected chi connectivity index (χ0v) is 14.6. The van der Waals surface area contributed by atoms with Crippen molar-refractivity contribution in [3.63, 3.8) is 0 Å². The number of nitrogens with zero attached hydrogens (tertiary/aromatic N) is 3. The van der Waals surface area contributed by atoms with Crippen molar-refractivity contribution < 1.29 is 9.53 Å². The summed E-state index contributed by atoms with van der Waals surface area (Å²) in [4.78, 5) is 19.3. The van der Waals surface area contributed by atoms with Crippen molar-refractivity contribution in [1.29, 1.82) is 0 Å². The van der Waals surface area contributed by atoms with E-state index in [4.69, 9.17) is 4.74 Å². The van der Waals surface area contributed by atoms with E-state index < -0.39 is 0 Å². The fraction of sp³-hybridized carbons (Fsp3) is 0.529. The van der Waals surface area contributed by atoms with Crippen LogP contribution in [0.25, 0.3) is 10.6 Å². The summed E-state index contributed by atoms with van der Waals surface area (Å²) in [6.07, 6.45) is 2.91. The van der Waals surface area contributed by atoms with Crippen LogP contribution in [0, 0.1) is 0 Å². The number of fused-ring (bicyclic) bond motifs is 1. The van der Waals surface area contributed by atoms with Gasteiger partial charge in [0.15, 0.2) is 0 Å². The smallest absolute Gasteiger partial charge is 0.264 e. The molecule has 4 rings (SSSR count). The van der Waals surface area contributed by atoms with Crippen molar-refractivity contribution in [2.45, 2.75) is 25.5 Å². The molecule has 7 heteroatoms. The number of rotatable bonds is 3. The minimum Gasteiger partial charge on any atom is -0.374 e. The summed E-state index contributed by atoms with van der Waals surface area (Å²) in [5.41, 5.74) is 0.953. The van der Waals surface area contributed by atoms with Gasteiger partial charge in [0, 0.05) is 25.8 Å². The molecule has 0 bridgehead atoms. The third-order valence-electron chi connectivity index (χ3n) is 4.96. The van der Waals surface area contributed by atoms with E-state index in [1.165, 1.54) is 11.3 Å². The number of carbonyl (C=O) groups excluding carboxylic acids is 1. The number of amides is 1. The second kappa shape index (κ2) is 6.66. The molecule has 1 N–H and O–H groups in total. The molecule has 2 aromatic heterocycles. The van der Waals surface area contributed by atoms with Gasteiger partial charge in [-0.1, -0.05) is 6.92 Å². The van der Waals surface area contributed by atoms with Crippen molar-refractivity contribution in [3.8, 4) is 10.6 Å². The molecular formula is C17H22N4O2S. The fourth-order valence-corrected chi connectivity index (χ4v) is 4.55. The number of aromatic nitrogens is 2. The normalized spacial score (nSPS) is 24.8. The number of piperidine rings is 1. The van der Waals surface area contributed by atoms with Crippen LogP contribution in [0.2, 0.25) is 0 Å². The van der Waals surface area contributed by atoms with Crippen LogP contribution in [0.3, 0.4) is 0 Å². The predicted molar refractivity (Wildman–Crippen MR) is 93.2 cm³/mol. The Labute approximate surface area is 145 Å². The highest BCUT2D eigenvalue weighted by molar-refractivity contribution is 7.17. The number of likely N-dealkylation sites (tertiary alicyclic amines) is 1. The van der Waals surface area contributed by atoms with E-state index in [0.29, 0.717) is 13.2 Å². The van der Waals surface area contributed by atoms with E-state index in [-0.39, 0.29) is 18.1 Å². The van der Waals surface area contributed by atoms with E-state index in [2.05, 4.69) is 22.0 Å². The van der Waals surface area contributed by atoms with E-state index >= 15 is 0 Å². The number of hydrogen-bond acceptors (Lipinski definition) is 5. The number of aromatic amines is 1. The van der Waals surface area contributed by atoms with Gasteiger partial charge in [0.1, 0.15) is 0 Å². The van der Waals surface area contributed by atoms with Gasteiger partial charge in [-0.15, -0.1) is 11.3 Å². The van der Waals surface area contributed by atoms with Crippen LogP contribution in [0.5, 0.6) is 0 Å². The van der Waals surface area contributed by atoms with Gasteiger partial charge in [0.05, 0.1) is 34.2 Å². The Hall–Kier alpha value is -1.70. The van der Waals surface area contributed by atoms with Crippen molar-refractivity contribution in [1.82, 2.24) is 20.0 Å². The Kier molecular flexibility index (Phi) is 4.39. The predicted octanol–water partition coefficient (Wildman–Crippen LogP) is 2.07. The minimum absolute atomic E-state index is 0.127. The lowest BCUT2D eigenvalue weighted by atomic mass is 9.98. The molecule has 0 aliphatic carbocycles. The Morgan fingerprint density at radius 1 is 1.42 bits per heavy atom. The summed E-state index contributed by atoms with van der Waals surface area (Å²) >= 11 is 1.52. The number of hydrogen-bond donors (Lipinski definition) is 1. The van der Waals surface area contributed by atoms with E-state index in [0.717, 1.165) is 41.5 Å². The highest BCUT2D eigenvalue weighted by Crippen LogP contribution is 2.30. The zero-order chi connectivity index (χ0) is 16.5. The van der Waals surface area contributed by atoms with Crippen LogP contribution in [0.4, 0.5) is 0 Å². The highest BCUT2D eigenvalue weighted by Gasteiger charge is 2.39. The van der Waals surface area contributed by atoms with E-state index in [1.807, 2.05) is 23.1 Å². The number of ether oxygens (including phenoxy) is 1. The molecule has 0 saturated carbocycles. The maximum Gasteiger partial charge on any atom is 0.264 e. The molecule has 2 fully saturated rings. The number of carbonyl (C=O) groups is 1. The fourth-order valence-electron chi connectivity index (χ4n) is 3.61. The maximum atomic E-state index is 13.1. The van der Waals surface area contributed by atoms with Gasteiger partial charge < -0.3 is 14.5 Å². The third-order valence-corrected chi connectivity index (χ3v) is 6.07. The summed E-state index contributed by atoms with van der Waals surface area (Å²) in [5.74, 6) is 0.127. The van der Waals surface area contributed by atoms with Gasteiger partial charge in [0.25, 0.3) is 5.91 Å². The van der Waals surface area contributed by atoms with Gasteiger partial charge in [0.2, 0.25) is 0 Å². The first-order valence-corrected chi connectivity index (χ1v) is 9.32. The lowest BCUT2D eigenvalue weighted by Crippen LogP contribution is -2.61. The molecule has 24 heavy (non-hydrogen) atoms. The Morgan fingerprint density at radius 3 is 3.12 bits per heavy atom. The molecule has 0 unspecified atom stereocenters. The van der Waals surface area contributed by atoms with Crippen LogP contribution >= 0.6 is 11.3 Å². The van der Waals surface area contributed by atoms with Gasteiger partial charge >= 0.3 is 0 Å². The third kappa shape index (κ3) is 2.87. The number of thiophene rings is 1. The molecule has 6 nitrogen and oxygen atoms in total. The first kappa shape index (κ1) is 15.8. The van der Waals surface area contributed by atoms with Crippen molar-refractivity contribution in [2.75, 3.05) is 32.8 Å². The second-order valence-electron chi connectivity index (χ2n) is 6.29. The molecule has 1 amide bonds. The molecule has 4 heterocycles. The lowest BCUT2D eigenvalue weighted by molar-refractivity contribution is -0.0894. The monoisotopic (exact) mass is 346 g/mol. The van der Waals surface area contributed by atoms with Gasteiger partial charge in [-0.25, -0.2) is 0 Å². The molecule has 2 aliphatic heterocycles. The van der Waals surface area contributed by atoms with Crippen molar-refractivity contribution in [3.05, 3.63) is 29.3 Å². The van der Waals surface area contributed by atoms with E-state index in [1.54, 1.807) is 6.20 Å². The zero-order valence-electron chi connectivity index (χ0n) is 13.8. The number of nitrogens with one attached hydrogen (secondary N) is 1. The number of morpholine rings is 1. The average molecular weight is 346 g/mol. The Morgan fingerprint density at radius 2 is 2.33 bits per heavy atom. The maximum absolute atomic E-state index is 13.1. The van der Waals surface area contributed by atoms with Gasteiger partial charge in [-0.2, -0.15) is 5.10 Å². The summed E-state index contributed by atoms with van der Waals surface area (Å²) in [6, 6.07) is 6.00. The molecule has 2 saturated heterocycles.